The second-order valence-electron chi connectivity index (χ2n) is 7.83. The van der Waals surface area contributed by atoms with E-state index in [1.54, 1.807) is 0 Å². The smallest absolute Gasteiger partial charge is 0.192 e. The van der Waals surface area contributed by atoms with Gasteiger partial charge in [0.2, 0.25) is 0 Å². The molecular weight excluding hydrogens is 322 g/mol. The average molecular weight is 352 g/mol. The van der Waals surface area contributed by atoms with Gasteiger partial charge in [-0.25, -0.2) is 0 Å². The summed E-state index contributed by atoms with van der Waals surface area (Å²) in [6, 6.07) is 7.91. The maximum Gasteiger partial charge on any atom is 0.192 e. The second-order valence-corrected chi connectivity index (χ2v) is 14.0. The largest absolute Gasteiger partial charge is 0.409 e. The standard InChI is InChI=1S/C18H29NO2SSi/c1-14-7-9-15(10-8-14)22(20)13-16-17(11-12-19-16)21-23(5,6)18(2,3)4/h7-10,17H,11-13H2,1-6H3/t17-,22+/m1/s1. The van der Waals surface area contributed by atoms with E-state index in [0.29, 0.717) is 5.75 Å². The zero-order valence-electron chi connectivity index (χ0n) is 15.2. The van der Waals surface area contributed by atoms with E-state index < -0.39 is 19.1 Å². The van der Waals surface area contributed by atoms with Crippen LogP contribution < -0.4 is 0 Å². The fourth-order valence-corrected chi connectivity index (χ4v) is 4.77. The molecule has 1 aromatic carbocycles. The van der Waals surface area contributed by atoms with Gasteiger partial charge >= 0.3 is 0 Å². The van der Waals surface area contributed by atoms with E-state index in [0.717, 1.165) is 23.6 Å². The van der Waals surface area contributed by atoms with Crippen LogP contribution in [0.15, 0.2) is 34.2 Å². The van der Waals surface area contributed by atoms with Crippen LogP contribution in [-0.4, -0.2) is 36.6 Å². The highest BCUT2D eigenvalue weighted by Gasteiger charge is 2.40. The van der Waals surface area contributed by atoms with E-state index in [4.69, 9.17) is 4.43 Å². The van der Waals surface area contributed by atoms with Crippen LogP contribution in [0.1, 0.15) is 32.8 Å². The number of hydrogen-bond acceptors (Lipinski definition) is 3. The summed E-state index contributed by atoms with van der Waals surface area (Å²) in [6.45, 7) is 14.1. The molecule has 0 N–H and O–H groups in total. The van der Waals surface area contributed by atoms with Crippen LogP contribution in [0.25, 0.3) is 0 Å². The predicted molar refractivity (Wildman–Crippen MR) is 101 cm³/mol. The van der Waals surface area contributed by atoms with Crippen molar-refractivity contribution < 1.29 is 8.63 Å². The van der Waals surface area contributed by atoms with Crippen molar-refractivity contribution in [1.82, 2.24) is 0 Å². The zero-order chi connectivity index (χ0) is 17.3. The second kappa shape index (κ2) is 6.99. The van der Waals surface area contributed by atoms with Gasteiger partial charge in [0.15, 0.2) is 8.32 Å². The van der Waals surface area contributed by atoms with E-state index in [2.05, 4.69) is 38.9 Å². The monoisotopic (exact) mass is 351 g/mol. The lowest BCUT2D eigenvalue weighted by molar-refractivity contribution is 0.242. The molecule has 128 valence electrons. The summed E-state index contributed by atoms with van der Waals surface area (Å²) in [5.74, 6) is 0.488. The number of hydrogen-bond donors (Lipinski definition) is 0. The normalized spacial score (nSPS) is 20.4. The number of rotatable bonds is 5. The van der Waals surface area contributed by atoms with E-state index in [1.165, 1.54) is 5.56 Å². The highest BCUT2D eigenvalue weighted by molar-refractivity contribution is 7.85. The molecule has 0 saturated heterocycles. The maximum absolute atomic E-state index is 12.6. The molecular formula is C18H29NO2SSi. The third-order valence-corrected chi connectivity index (χ3v) is 10.7. The van der Waals surface area contributed by atoms with Crippen molar-refractivity contribution in [3.8, 4) is 0 Å². The Labute approximate surface area is 144 Å². The molecule has 2 atom stereocenters. The topological polar surface area (TPSA) is 38.7 Å². The molecule has 5 heteroatoms. The SMILES string of the molecule is Cc1ccc([S@@](=O)CC2=NCC[C@H]2O[Si](C)(C)C(C)(C)C)cc1. The van der Waals surface area contributed by atoms with Crippen molar-refractivity contribution in [2.24, 2.45) is 4.99 Å². The van der Waals surface area contributed by atoms with Gasteiger partial charge in [-0.2, -0.15) is 0 Å². The summed E-state index contributed by atoms with van der Waals surface area (Å²) in [5.41, 5.74) is 2.16. The first-order valence-corrected chi connectivity index (χ1v) is 12.5. The third kappa shape index (κ3) is 4.61. The Balaban J connectivity index is 2.05. The Morgan fingerprint density at radius 3 is 2.43 bits per heavy atom. The lowest BCUT2D eigenvalue weighted by Crippen LogP contribution is -2.46. The Hall–Kier alpha value is -0.783. The van der Waals surface area contributed by atoms with Gasteiger partial charge in [0.25, 0.3) is 0 Å². The van der Waals surface area contributed by atoms with Gasteiger partial charge in [-0.15, -0.1) is 0 Å². The minimum atomic E-state index is -1.83. The molecule has 0 aromatic heterocycles. The Morgan fingerprint density at radius 2 is 1.87 bits per heavy atom. The fraction of sp³-hybridized carbons (Fsp3) is 0.611. The summed E-state index contributed by atoms with van der Waals surface area (Å²) in [6.07, 6.45) is 0.970. The van der Waals surface area contributed by atoms with Gasteiger partial charge in [-0.3, -0.25) is 9.20 Å². The van der Waals surface area contributed by atoms with Gasteiger partial charge < -0.3 is 4.43 Å². The van der Waals surface area contributed by atoms with E-state index in [9.17, 15) is 4.21 Å². The molecule has 0 fully saturated rings. The summed E-state index contributed by atoms with van der Waals surface area (Å²) in [4.78, 5) is 5.46. The van der Waals surface area contributed by atoms with Gasteiger partial charge in [0.05, 0.1) is 28.4 Å². The molecule has 1 aliphatic heterocycles. The first-order chi connectivity index (χ1) is 10.6. The number of benzene rings is 1. The number of aliphatic imine (C=N–C) groups is 1. The average Bonchev–Trinajstić information content (AvgIpc) is 2.84. The van der Waals surface area contributed by atoms with Crippen molar-refractivity contribution in [3.05, 3.63) is 29.8 Å². The minimum Gasteiger partial charge on any atom is -0.409 e. The molecule has 3 nitrogen and oxygen atoms in total. The van der Waals surface area contributed by atoms with E-state index >= 15 is 0 Å². The molecule has 1 aliphatic rings. The first-order valence-electron chi connectivity index (χ1n) is 8.26. The zero-order valence-corrected chi connectivity index (χ0v) is 17.0. The molecule has 2 rings (SSSR count). The summed E-state index contributed by atoms with van der Waals surface area (Å²) in [7, 11) is -2.88. The Bertz CT molecular complexity index is 602. The Kier molecular flexibility index (Phi) is 5.64. The van der Waals surface area contributed by atoms with Crippen molar-refractivity contribution in [2.75, 3.05) is 12.3 Å². The number of aryl methyl sites for hydroxylation is 1. The summed E-state index contributed by atoms with van der Waals surface area (Å²) < 4.78 is 19.1. The van der Waals surface area contributed by atoms with Crippen LogP contribution in [-0.2, 0) is 15.2 Å². The molecule has 1 aromatic rings. The van der Waals surface area contributed by atoms with Crippen molar-refractivity contribution in [1.29, 1.82) is 0 Å². The van der Waals surface area contributed by atoms with Gasteiger partial charge in [0, 0.05) is 11.4 Å². The fourth-order valence-electron chi connectivity index (χ4n) is 2.30. The van der Waals surface area contributed by atoms with Crippen molar-refractivity contribution >= 4 is 24.8 Å². The predicted octanol–water partition coefficient (Wildman–Crippen LogP) is 4.34. The van der Waals surface area contributed by atoms with Crippen LogP contribution in [0.4, 0.5) is 0 Å². The van der Waals surface area contributed by atoms with Gasteiger partial charge in [-0.1, -0.05) is 38.5 Å². The maximum atomic E-state index is 12.6. The number of nitrogens with zero attached hydrogens (tertiary/aromatic N) is 1. The van der Waals surface area contributed by atoms with Crippen LogP contribution in [0.2, 0.25) is 18.1 Å². The van der Waals surface area contributed by atoms with Gasteiger partial charge in [-0.05, 0) is 43.6 Å². The van der Waals surface area contributed by atoms with Crippen LogP contribution in [0, 0.1) is 6.92 Å². The first kappa shape index (κ1) is 18.6. The molecule has 0 bridgehead atoms. The minimum absolute atomic E-state index is 0.0466. The molecule has 1 heterocycles. The molecule has 0 amide bonds. The van der Waals surface area contributed by atoms with E-state index in [-0.39, 0.29) is 11.1 Å². The summed E-state index contributed by atoms with van der Waals surface area (Å²) >= 11 is 0. The molecule has 23 heavy (non-hydrogen) atoms. The van der Waals surface area contributed by atoms with Crippen LogP contribution in [0.3, 0.4) is 0 Å². The highest BCUT2D eigenvalue weighted by atomic mass is 32.2. The van der Waals surface area contributed by atoms with Crippen molar-refractivity contribution in [3.63, 3.8) is 0 Å². The third-order valence-electron chi connectivity index (χ3n) is 4.88. The molecule has 0 spiro atoms. The van der Waals surface area contributed by atoms with Crippen LogP contribution >= 0.6 is 0 Å². The molecule has 0 radical (unpaired) electrons. The van der Waals surface area contributed by atoms with Gasteiger partial charge in [0.1, 0.15) is 0 Å². The summed E-state index contributed by atoms with van der Waals surface area (Å²) in [5, 5.41) is 0.177. The molecule has 0 saturated carbocycles. The quantitative estimate of drug-likeness (QED) is 0.740. The van der Waals surface area contributed by atoms with Crippen LogP contribution in [0.5, 0.6) is 0 Å². The highest BCUT2D eigenvalue weighted by Crippen LogP contribution is 2.38. The van der Waals surface area contributed by atoms with E-state index in [1.807, 2.05) is 31.2 Å². The lowest BCUT2D eigenvalue weighted by atomic mass is 10.2. The molecule has 0 aliphatic carbocycles. The lowest BCUT2D eigenvalue weighted by Gasteiger charge is -2.38. The Morgan fingerprint density at radius 1 is 1.26 bits per heavy atom. The van der Waals surface area contributed by atoms with Crippen molar-refractivity contribution in [2.45, 2.75) is 63.2 Å². The molecule has 0 unspecified atom stereocenters.